The van der Waals surface area contributed by atoms with Crippen molar-refractivity contribution < 1.29 is 5.21 Å². The van der Waals surface area contributed by atoms with Crippen molar-refractivity contribution in [2.45, 2.75) is 32.6 Å². The maximum absolute atomic E-state index is 7.97. The fourth-order valence-electron chi connectivity index (χ4n) is 0.591. The van der Waals surface area contributed by atoms with Crippen LogP contribution in [-0.4, -0.2) is 11.4 Å². The van der Waals surface area contributed by atoms with Gasteiger partial charge in [-0.15, -0.1) is 0 Å². The lowest BCUT2D eigenvalue weighted by Gasteiger charge is -1.89. The lowest BCUT2D eigenvalue weighted by atomic mass is 10.2. The van der Waals surface area contributed by atoms with Crippen molar-refractivity contribution in [3.63, 3.8) is 0 Å². The molecule has 0 saturated carbocycles. The average molecular weight is 130 g/mol. The minimum absolute atomic E-state index is 0.946. The normalized spacial score (nSPS) is 10.4. The molecule has 0 aliphatic heterocycles. The Kier molecular flexibility index (Phi) is 6.96. The summed E-state index contributed by atoms with van der Waals surface area (Å²) in [5.74, 6) is 0. The Balaban J connectivity index is 2.82. The summed E-state index contributed by atoms with van der Waals surface area (Å²) in [4.78, 5) is 0. The first-order valence-electron chi connectivity index (χ1n) is 3.32. The topological polar surface area (TPSA) is 44.6 Å². The Hall–Kier alpha value is -0.570. The summed E-state index contributed by atoms with van der Waals surface area (Å²) in [6.07, 6.45) is 6.23. The van der Waals surface area contributed by atoms with E-state index in [1.807, 2.05) is 0 Å². The molecule has 9 heavy (non-hydrogen) atoms. The lowest BCUT2D eigenvalue weighted by Crippen LogP contribution is -1.94. The van der Waals surface area contributed by atoms with Gasteiger partial charge in [-0.2, -0.15) is 10.7 Å². The number of hydrogen-bond acceptors (Lipinski definition) is 3. The minimum atomic E-state index is 0.946. The molecule has 0 amide bonds. The van der Waals surface area contributed by atoms with Crippen molar-refractivity contribution >= 4 is 6.21 Å². The van der Waals surface area contributed by atoms with Gasteiger partial charge in [0.05, 0.1) is 0 Å². The molecule has 3 heteroatoms. The van der Waals surface area contributed by atoms with Crippen LogP contribution < -0.4 is 5.59 Å². The molecule has 0 aromatic rings. The SMILES string of the molecule is CCCCCC=NNO. The summed E-state index contributed by atoms with van der Waals surface area (Å²) < 4.78 is 0. The molecule has 0 spiro atoms. The van der Waals surface area contributed by atoms with Gasteiger partial charge in [0.2, 0.25) is 0 Å². The average Bonchev–Trinajstić information content (AvgIpc) is 1.89. The van der Waals surface area contributed by atoms with Gasteiger partial charge < -0.3 is 0 Å². The van der Waals surface area contributed by atoms with E-state index in [2.05, 4.69) is 12.0 Å². The Morgan fingerprint density at radius 1 is 1.56 bits per heavy atom. The fraction of sp³-hybridized carbons (Fsp3) is 0.833. The van der Waals surface area contributed by atoms with Crippen LogP contribution in [0.15, 0.2) is 5.10 Å². The monoisotopic (exact) mass is 130 g/mol. The van der Waals surface area contributed by atoms with E-state index in [9.17, 15) is 0 Å². The molecule has 54 valence electrons. The van der Waals surface area contributed by atoms with E-state index in [1.54, 1.807) is 11.8 Å². The van der Waals surface area contributed by atoms with Gasteiger partial charge in [-0.1, -0.05) is 19.8 Å². The van der Waals surface area contributed by atoms with Crippen LogP contribution in [0.3, 0.4) is 0 Å². The van der Waals surface area contributed by atoms with Crippen molar-refractivity contribution in [2.24, 2.45) is 5.10 Å². The third-order valence-corrected chi connectivity index (χ3v) is 1.09. The van der Waals surface area contributed by atoms with Gasteiger partial charge in [0.25, 0.3) is 0 Å². The van der Waals surface area contributed by atoms with Crippen LogP contribution in [0, 0.1) is 0 Å². The second-order valence-electron chi connectivity index (χ2n) is 1.91. The third-order valence-electron chi connectivity index (χ3n) is 1.09. The van der Waals surface area contributed by atoms with Crippen molar-refractivity contribution in [2.75, 3.05) is 0 Å². The smallest absolute Gasteiger partial charge is 0.0267 e. The Morgan fingerprint density at radius 3 is 2.89 bits per heavy atom. The molecule has 0 atom stereocenters. The van der Waals surface area contributed by atoms with Gasteiger partial charge >= 0.3 is 0 Å². The molecule has 0 aromatic carbocycles. The lowest BCUT2D eigenvalue weighted by molar-refractivity contribution is 0.172. The highest BCUT2D eigenvalue weighted by Gasteiger charge is 1.80. The molecule has 0 radical (unpaired) electrons. The molecular formula is C6H14N2O. The molecule has 0 unspecified atom stereocenters. The van der Waals surface area contributed by atoms with E-state index in [0.29, 0.717) is 0 Å². The molecule has 0 saturated heterocycles. The maximum Gasteiger partial charge on any atom is 0.0267 e. The molecule has 0 heterocycles. The van der Waals surface area contributed by atoms with Crippen LogP contribution in [0.2, 0.25) is 0 Å². The molecule has 0 aliphatic rings. The van der Waals surface area contributed by atoms with Gasteiger partial charge in [-0.25, -0.2) is 0 Å². The van der Waals surface area contributed by atoms with E-state index < -0.39 is 0 Å². The molecular weight excluding hydrogens is 116 g/mol. The number of hydrogen-bond donors (Lipinski definition) is 2. The van der Waals surface area contributed by atoms with Gasteiger partial charge in [0, 0.05) is 6.21 Å². The van der Waals surface area contributed by atoms with E-state index in [0.717, 1.165) is 12.8 Å². The van der Waals surface area contributed by atoms with Gasteiger partial charge in [-0.05, 0) is 12.8 Å². The zero-order valence-electron chi connectivity index (χ0n) is 5.80. The van der Waals surface area contributed by atoms with Crippen LogP contribution in [0.1, 0.15) is 32.6 Å². The molecule has 3 nitrogen and oxygen atoms in total. The molecule has 0 aliphatic carbocycles. The highest BCUT2D eigenvalue weighted by molar-refractivity contribution is 5.56. The molecule has 0 rings (SSSR count). The Morgan fingerprint density at radius 2 is 2.33 bits per heavy atom. The fourth-order valence-corrected chi connectivity index (χ4v) is 0.591. The van der Waals surface area contributed by atoms with Crippen molar-refractivity contribution in [3.8, 4) is 0 Å². The number of nitrogens with zero attached hydrogens (tertiary/aromatic N) is 1. The van der Waals surface area contributed by atoms with Gasteiger partial charge in [-0.3, -0.25) is 5.21 Å². The first-order valence-corrected chi connectivity index (χ1v) is 3.32. The zero-order chi connectivity index (χ0) is 6.95. The standard InChI is InChI=1S/C6H14N2O/c1-2-3-4-5-6-7-8-9/h6,8-9H,2-5H2,1H3. The second kappa shape index (κ2) is 7.43. The predicted molar refractivity (Wildman–Crippen MR) is 37.6 cm³/mol. The largest absolute Gasteiger partial charge is 0.274 e. The van der Waals surface area contributed by atoms with E-state index in [-0.39, 0.29) is 0 Å². The highest BCUT2D eigenvalue weighted by Crippen LogP contribution is 1.95. The second-order valence-corrected chi connectivity index (χ2v) is 1.91. The van der Waals surface area contributed by atoms with Gasteiger partial charge in [0.1, 0.15) is 0 Å². The molecule has 2 N–H and O–H groups in total. The van der Waals surface area contributed by atoms with Crippen LogP contribution in [0.4, 0.5) is 0 Å². The third kappa shape index (κ3) is 7.43. The predicted octanol–water partition coefficient (Wildman–Crippen LogP) is 1.53. The molecule has 0 aromatic heterocycles. The van der Waals surface area contributed by atoms with E-state index >= 15 is 0 Å². The van der Waals surface area contributed by atoms with Gasteiger partial charge in [0.15, 0.2) is 0 Å². The van der Waals surface area contributed by atoms with Crippen molar-refractivity contribution in [1.82, 2.24) is 5.59 Å². The van der Waals surface area contributed by atoms with Crippen LogP contribution in [0.25, 0.3) is 0 Å². The molecule has 0 bridgehead atoms. The van der Waals surface area contributed by atoms with E-state index in [1.165, 1.54) is 12.8 Å². The number of rotatable bonds is 5. The Labute approximate surface area is 55.7 Å². The summed E-state index contributed by atoms with van der Waals surface area (Å²) in [6.45, 7) is 2.15. The van der Waals surface area contributed by atoms with Crippen molar-refractivity contribution in [1.29, 1.82) is 0 Å². The summed E-state index contributed by atoms with van der Waals surface area (Å²) in [5, 5.41) is 11.4. The summed E-state index contributed by atoms with van der Waals surface area (Å²) in [5.41, 5.74) is 1.71. The summed E-state index contributed by atoms with van der Waals surface area (Å²) >= 11 is 0. The minimum Gasteiger partial charge on any atom is -0.274 e. The Bertz CT molecular complexity index is 73.5. The number of nitrogens with one attached hydrogen (secondary N) is 1. The quantitative estimate of drug-likeness (QED) is 0.337. The van der Waals surface area contributed by atoms with Crippen LogP contribution in [-0.2, 0) is 0 Å². The highest BCUT2D eigenvalue weighted by atomic mass is 16.5. The van der Waals surface area contributed by atoms with Crippen LogP contribution in [0.5, 0.6) is 0 Å². The first kappa shape index (κ1) is 8.43. The van der Waals surface area contributed by atoms with Crippen LogP contribution >= 0.6 is 0 Å². The summed E-state index contributed by atoms with van der Waals surface area (Å²) in [7, 11) is 0. The number of hydrazone groups is 1. The van der Waals surface area contributed by atoms with E-state index in [4.69, 9.17) is 5.21 Å². The first-order chi connectivity index (χ1) is 4.41. The maximum atomic E-state index is 7.97. The van der Waals surface area contributed by atoms with Crippen molar-refractivity contribution in [3.05, 3.63) is 0 Å². The molecule has 0 fully saturated rings. The number of unbranched alkanes of at least 4 members (excludes halogenated alkanes) is 3. The summed E-state index contributed by atoms with van der Waals surface area (Å²) in [6, 6.07) is 0. The zero-order valence-corrected chi connectivity index (χ0v) is 5.80.